The number of nitrogens with two attached hydrogens (primary N) is 1. The van der Waals surface area contributed by atoms with Gasteiger partial charge >= 0.3 is 5.91 Å². The van der Waals surface area contributed by atoms with Crippen LogP contribution in [0.1, 0.15) is 9.67 Å². The van der Waals surface area contributed by atoms with Crippen LogP contribution in [0.5, 0.6) is 0 Å². The van der Waals surface area contributed by atoms with E-state index >= 15 is 0 Å². The Morgan fingerprint density at radius 1 is 1.64 bits per heavy atom. The van der Waals surface area contributed by atoms with Gasteiger partial charge in [-0.2, -0.15) is 0 Å². The van der Waals surface area contributed by atoms with Crippen molar-refractivity contribution < 1.29 is 9.59 Å². The van der Waals surface area contributed by atoms with Crippen molar-refractivity contribution in [2.75, 3.05) is 11.9 Å². The van der Waals surface area contributed by atoms with E-state index in [0.717, 1.165) is 11.3 Å². The first-order valence-electron chi connectivity index (χ1n) is 3.49. The van der Waals surface area contributed by atoms with Crippen molar-refractivity contribution in [3.63, 3.8) is 0 Å². The first-order valence-corrected chi connectivity index (χ1v) is 4.31. The SMILES string of the molecule is NC(=O)c1cnc(NCC(=O)N=O)s1. The van der Waals surface area contributed by atoms with Crippen molar-refractivity contribution in [3.05, 3.63) is 16.0 Å². The van der Waals surface area contributed by atoms with Gasteiger partial charge in [-0.05, 0) is 0 Å². The Balaban J connectivity index is 2.56. The highest BCUT2D eigenvalue weighted by Crippen LogP contribution is 2.16. The smallest absolute Gasteiger partial charge is 0.305 e. The fourth-order valence-corrected chi connectivity index (χ4v) is 1.32. The van der Waals surface area contributed by atoms with Crippen molar-refractivity contribution in [1.82, 2.24) is 4.98 Å². The van der Waals surface area contributed by atoms with Crippen LogP contribution in [0.15, 0.2) is 11.4 Å². The summed E-state index contributed by atoms with van der Waals surface area (Å²) >= 11 is 1.00. The van der Waals surface area contributed by atoms with E-state index in [9.17, 15) is 14.5 Å². The number of rotatable bonds is 4. The molecule has 1 aromatic rings. The number of aromatic nitrogens is 1. The lowest BCUT2D eigenvalue weighted by atomic mass is 10.5. The van der Waals surface area contributed by atoms with Crippen LogP contribution in [0.2, 0.25) is 0 Å². The van der Waals surface area contributed by atoms with Gasteiger partial charge < -0.3 is 11.1 Å². The predicted molar refractivity (Wildman–Crippen MR) is 49.9 cm³/mol. The first kappa shape index (κ1) is 10.3. The topological polar surface area (TPSA) is 115 Å². The van der Waals surface area contributed by atoms with Crippen molar-refractivity contribution in [2.45, 2.75) is 0 Å². The molecule has 14 heavy (non-hydrogen) atoms. The largest absolute Gasteiger partial charge is 0.365 e. The third-order valence-electron chi connectivity index (χ3n) is 1.24. The number of nitrogens with zero attached hydrogens (tertiary/aromatic N) is 2. The fraction of sp³-hybridized carbons (Fsp3) is 0.167. The third kappa shape index (κ3) is 2.59. The number of carbonyl (C=O) groups is 2. The molecule has 0 atom stereocenters. The maximum Gasteiger partial charge on any atom is 0.305 e. The van der Waals surface area contributed by atoms with Gasteiger partial charge in [0.1, 0.15) is 11.4 Å². The Kier molecular flexibility index (Phi) is 3.24. The van der Waals surface area contributed by atoms with E-state index in [1.165, 1.54) is 6.20 Å². The highest BCUT2D eigenvalue weighted by molar-refractivity contribution is 7.17. The minimum absolute atomic E-state index is 0.241. The molecule has 8 heteroatoms. The molecule has 2 amide bonds. The van der Waals surface area contributed by atoms with Gasteiger partial charge in [-0.1, -0.05) is 11.3 Å². The van der Waals surface area contributed by atoms with Crippen LogP contribution in [-0.4, -0.2) is 23.3 Å². The third-order valence-corrected chi connectivity index (χ3v) is 2.21. The molecule has 1 rings (SSSR count). The monoisotopic (exact) mass is 214 g/mol. The van der Waals surface area contributed by atoms with E-state index in [0.29, 0.717) is 5.13 Å². The maximum absolute atomic E-state index is 10.6. The van der Waals surface area contributed by atoms with Gasteiger partial charge in [0.05, 0.1) is 6.20 Å². The second-order valence-corrected chi connectivity index (χ2v) is 3.26. The van der Waals surface area contributed by atoms with Gasteiger partial charge in [0, 0.05) is 5.18 Å². The van der Waals surface area contributed by atoms with Crippen LogP contribution in [0.25, 0.3) is 0 Å². The van der Waals surface area contributed by atoms with Gasteiger partial charge in [0.15, 0.2) is 5.13 Å². The van der Waals surface area contributed by atoms with Gasteiger partial charge in [0.2, 0.25) is 0 Å². The van der Waals surface area contributed by atoms with Crippen molar-refractivity contribution >= 4 is 28.3 Å². The number of nitrogens with one attached hydrogen (secondary N) is 1. The molecule has 0 aliphatic heterocycles. The normalized spacial score (nSPS) is 9.43. The Labute approximate surface area is 82.3 Å². The zero-order chi connectivity index (χ0) is 10.6. The molecular weight excluding hydrogens is 208 g/mol. The molecule has 0 unspecified atom stereocenters. The standard InChI is InChI=1S/C6H6N4O3S/c7-5(12)3-1-8-6(14-3)9-2-4(11)10-13/h1H,2H2,(H2,7,12)(H,8,9). The Morgan fingerprint density at radius 3 is 2.86 bits per heavy atom. The molecule has 3 N–H and O–H groups in total. The molecule has 0 aliphatic carbocycles. The van der Waals surface area contributed by atoms with E-state index in [2.05, 4.69) is 15.5 Å². The van der Waals surface area contributed by atoms with Crippen LogP contribution in [0.4, 0.5) is 5.13 Å². The van der Waals surface area contributed by atoms with Gasteiger partial charge in [-0.25, -0.2) is 4.98 Å². The van der Waals surface area contributed by atoms with Crippen molar-refractivity contribution in [3.8, 4) is 0 Å². The molecule has 1 heterocycles. The van der Waals surface area contributed by atoms with Gasteiger partial charge in [0.25, 0.3) is 5.91 Å². The summed E-state index contributed by atoms with van der Waals surface area (Å²) in [5.74, 6) is -1.42. The van der Waals surface area contributed by atoms with E-state index < -0.39 is 11.8 Å². The zero-order valence-electron chi connectivity index (χ0n) is 6.89. The van der Waals surface area contributed by atoms with Crippen LogP contribution in [-0.2, 0) is 4.79 Å². The molecule has 0 aliphatic rings. The fourth-order valence-electron chi connectivity index (χ4n) is 0.653. The van der Waals surface area contributed by atoms with Crippen LogP contribution >= 0.6 is 11.3 Å². The lowest BCUT2D eigenvalue weighted by Crippen LogP contribution is -2.10. The molecule has 0 aromatic carbocycles. The number of hydrogen-bond acceptors (Lipinski definition) is 6. The van der Waals surface area contributed by atoms with E-state index in [4.69, 9.17) is 5.73 Å². The summed E-state index contributed by atoms with van der Waals surface area (Å²) < 4.78 is 0. The summed E-state index contributed by atoms with van der Waals surface area (Å²) in [6.07, 6.45) is 1.29. The summed E-state index contributed by atoms with van der Waals surface area (Å²) in [4.78, 5) is 34.8. The first-order chi connectivity index (χ1) is 6.63. The average Bonchev–Trinajstić information content (AvgIpc) is 2.62. The lowest BCUT2D eigenvalue weighted by Gasteiger charge is -1.94. The Bertz CT molecular complexity index is 375. The quantitative estimate of drug-likeness (QED) is 0.681. The van der Waals surface area contributed by atoms with E-state index in [-0.39, 0.29) is 11.4 Å². The van der Waals surface area contributed by atoms with E-state index in [1.807, 2.05) is 0 Å². The zero-order valence-corrected chi connectivity index (χ0v) is 7.71. The molecule has 74 valence electrons. The second kappa shape index (κ2) is 4.42. The van der Waals surface area contributed by atoms with Crippen molar-refractivity contribution in [2.24, 2.45) is 10.9 Å². The number of thiazole rings is 1. The minimum Gasteiger partial charge on any atom is -0.365 e. The molecule has 0 bridgehead atoms. The molecule has 0 saturated carbocycles. The summed E-state index contributed by atoms with van der Waals surface area (Å²) in [6, 6.07) is 0. The number of nitroso groups, excluding NO2 is 1. The molecule has 0 radical (unpaired) electrons. The minimum atomic E-state index is -0.833. The number of primary amides is 1. The summed E-state index contributed by atoms with van der Waals surface area (Å²) in [5, 5.41) is 5.05. The summed E-state index contributed by atoms with van der Waals surface area (Å²) in [5.41, 5.74) is 4.98. The number of hydrogen-bond donors (Lipinski definition) is 2. The highest BCUT2D eigenvalue weighted by atomic mass is 32.1. The molecule has 0 spiro atoms. The van der Waals surface area contributed by atoms with Gasteiger partial charge in [-0.3, -0.25) is 9.59 Å². The number of carbonyl (C=O) groups excluding carboxylic acids is 2. The van der Waals surface area contributed by atoms with Crippen LogP contribution in [0.3, 0.4) is 0 Å². The summed E-state index contributed by atoms with van der Waals surface area (Å²) in [7, 11) is 0. The molecule has 0 fully saturated rings. The van der Waals surface area contributed by atoms with Crippen LogP contribution in [0, 0.1) is 4.91 Å². The van der Waals surface area contributed by atoms with Crippen LogP contribution < -0.4 is 11.1 Å². The molecule has 1 aromatic heterocycles. The lowest BCUT2D eigenvalue weighted by molar-refractivity contribution is -0.116. The Morgan fingerprint density at radius 2 is 2.36 bits per heavy atom. The number of anilines is 1. The molecule has 0 saturated heterocycles. The number of amides is 2. The second-order valence-electron chi connectivity index (χ2n) is 2.23. The highest BCUT2D eigenvalue weighted by Gasteiger charge is 2.07. The molecular formula is C6H6N4O3S. The van der Waals surface area contributed by atoms with Gasteiger partial charge in [-0.15, -0.1) is 4.91 Å². The molecule has 7 nitrogen and oxygen atoms in total. The Hall–Kier alpha value is -1.83. The van der Waals surface area contributed by atoms with Crippen molar-refractivity contribution in [1.29, 1.82) is 0 Å². The average molecular weight is 214 g/mol. The van der Waals surface area contributed by atoms with E-state index in [1.54, 1.807) is 0 Å². The maximum atomic E-state index is 10.6. The predicted octanol–water partition coefficient (Wildman–Crippen LogP) is -0.0531. The summed E-state index contributed by atoms with van der Waals surface area (Å²) in [6.45, 7) is -0.241.